The summed E-state index contributed by atoms with van der Waals surface area (Å²) < 4.78 is 13.0. The first-order chi connectivity index (χ1) is 9.90. The number of hydrogen-bond acceptors (Lipinski definition) is 4. The van der Waals surface area contributed by atoms with Crippen LogP contribution in [0.15, 0.2) is 34.0 Å². The smallest absolute Gasteiger partial charge is 0.434 e. The van der Waals surface area contributed by atoms with E-state index in [0.29, 0.717) is 17.7 Å². The summed E-state index contributed by atoms with van der Waals surface area (Å²) >= 11 is 1.45. The van der Waals surface area contributed by atoms with E-state index in [0.717, 1.165) is 11.3 Å². The van der Waals surface area contributed by atoms with Crippen LogP contribution >= 0.6 is 11.5 Å². The van der Waals surface area contributed by atoms with Crippen LogP contribution in [0.5, 0.6) is 0 Å². The van der Waals surface area contributed by atoms with Crippen molar-refractivity contribution in [3.63, 3.8) is 0 Å². The van der Waals surface area contributed by atoms with E-state index in [-0.39, 0.29) is 5.54 Å². The van der Waals surface area contributed by atoms with Gasteiger partial charge < -0.3 is 9.15 Å². The molecular weight excluding hydrogens is 288 g/mol. The maximum atomic E-state index is 11.6. The molecule has 0 aliphatic rings. The Morgan fingerprint density at radius 3 is 2.81 bits per heavy atom. The van der Waals surface area contributed by atoms with E-state index in [1.54, 1.807) is 13.2 Å². The Morgan fingerprint density at radius 2 is 2.24 bits per heavy atom. The zero-order valence-electron chi connectivity index (χ0n) is 12.8. The molecule has 0 atom stereocenters. The van der Waals surface area contributed by atoms with Crippen molar-refractivity contribution >= 4 is 17.6 Å². The standard InChI is InChI=1S/C15H20N2O3S/c1-5-19-14(18)16-13-11(9-12-7-6-8-20-12)10-17(21-13)15(2,3)4/h6-8,10H,5,9H2,1-4H3/b16-13-. The van der Waals surface area contributed by atoms with Gasteiger partial charge in [-0.1, -0.05) is 0 Å². The number of carbonyl (C=O) groups excluding carboxylic acids is 1. The molecule has 0 fully saturated rings. The van der Waals surface area contributed by atoms with E-state index in [4.69, 9.17) is 9.15 Å². The Balaban J connectivity index is 2.41. The fourth-order valence-electron chi connectivity index (χ4n) is 1.76. The molecular formula is C15H20N2O3S. The number of furan rings is 1. The zero-order valence-corrected chi connectivity index (χ0v) is 13.6. The Hall–Kier alpha value is -1.82. The van der Waals surface area contributed by atoms with Crippen LogP contribution in [0.4, 0.5) is 4.79 Å². The molecule has 0 N–H and O–H groups in total. The lowest BCUT2D eigenvalue weighted by atomic mass is 10.1. The van der Waals surface area contributed by atoms with E-state index in [9.17, 15) is 4.79 Å². The topological polar surface area (TPSA) is 56.7 Å². The molecule has 2 heterocycles. The van der Waals surface area contributed by atoms with Crippen molar-refractivity contribution in [1.82, 2.24) is 3.96 Å². The Bertz CT molecular complexity index is 660. The molecule has 0 aliphatic carbocycles. The van der Waals surface area contributed by atoms with E-state index >= 15 is 0 Å². The SMILES string of the molecule is CCOC(=O)/N=c1\sn(C(C)(C)C)cc1Cc1ccco1. The van der Waals surface area contributed by atoms with E-state index in [1.807, 2.05) is 18.3 Å². The van der Waals surface area contributed by atoms with Gasteiger partial charge in [0.15, 0.2) is 0 Å². The second-order valence-electron chi connectivity index (χ2n) is 5.61. The summed E-state index contributed by atoms with van der Waals surface area (Å²) in [5, 5.41) is 0. The number of aromatic nitrogens is 1. The molecule has 0 unspecified atom stereocenters. The minimum Gasteiger partial charge on any atom is -0.469 e. The number of carbonyl (C=O) groups is 1. The number of ether oxygens (including phenoxy) is 1. The summed E-state index contributed by atoms with van der Waals surface area (Å²) in [7, 11) is 0. The van der Waals surface area contributed by atoms with Crippen molar-refractivity contribution in [1.29, 1.82) is 0 Å². The van der Waals surface area contributed by atoms with Gasteiger partial charge >= 0.3 is 6.09 Å². The largest absolute Gasteiger partial charge is 0.469 e. The zero-order chi connectivity index (χ0) is 15.5. The minimum absolute atomic E-state index is 0.0645. The molecule has 6 heteroatoms. The van der Waals surface area contributed by atoms with Gasteiger partial charge in [-0.05, 0) is 51.4 Å². The molecule has 1 amide bonds. The second kappa shape index (κ2) is 6.30. The van der Waals surface area contributed by atoms with Crippen LogP contribution in [-0.4, -0.2) is 16.7 Å². The van der Waals surface area contributed by atoms with Crippen LogP contribution in [0.3, 0.4) is 0 Å². The van der Waals surface area contributed by atoms with Gasteiger partial charge in [-0.2, -0.15) is 4.99 Å². The molecule has 2 rings (SSSR count). The summed E-state index contributed by atoms with van der Waals surface area (Å²) in [6.45, 7) is 8.40. The third kappa shape index (κ3) is 4.07. The molecule has 0 aliphatic heterocycles. The third-order valence-corrected chi connectivity index (χ3v) is 4.18. The maximum Gasteiger partial charge on any atom is 0.434 e. The molecule has 0 saturated carbocycles. The van der Waals surface area contributed by atoms with Gasteiger partial charge in [0.25, 0.3) is 0 Å². The van der Waals surface area contributed by atoms with E-state index in [1.165, 1.54) is 11.5 Å². The van der Waals surface area contributed by atoms with Crippen molar-refractivity contribution in [2.24, 2.45) is 4.99 Å². The van der Waals surface area contributed by atoms with Gasteiger partial charge in [0, 0.05) is 23.7 Å². The highest BCUT2D eigenvalue weighted by Gasteiger charge is 2.17. The highest BCUT2D eigenvalue weighted by molar-refractivity contribution is 7.04. The number of hydrogen-bond donors (Lipinski definition) is 0. The van der Waals surface area contributed by atoms with Gasteiger partial charge in [0.05, 0.1) is 12.9 Å². The van der Waals surface area contributed by atoms with Crippen molar-refractivity contribution < 1.29 is 13.9 Å². The summed E-state index contributed by atoms with van der Waals surface area (Å²) in [4.78, 5) is 15.7. The maximum absolute atomic E-state index is 11.6. The van der Waals surface area contributed by atoms with Gasteiger partial charge in [0.1, 0.15) is 10.4 Å². The predicted molar refractivity (Wildman–Crippen MR) is 81.4 cm³/mol. The van der Waals surface area contributed by atoms with Crippen LogP contribution in [0, 0.1) is 0 Å². The molecule has 0 saturated heterocycles. The normalized spacial score (nSPS) is 12.7. The first-order valence-electron chi connectivity index (χ1n) is 6.86. The summed E-state index contributed by atoms with van der Waals surface area (Å²) in [5.41, 5.74) is 0.892. The highest BCUT2D eigenvalue weighted by atomic mass is 32.1. The van der Waals surface area contributed by atoms with Gasteiger partial charge in [-0.3, -0.25) is 3.96 Å². The monoisotopic (exact) mass is 308 g/mol. The molecule has 114 valence electrons. The molecule has 2 aromatic heterocycles. The van der Waals surface area contributed by atoms with Crippen molar-refractivity contribution in [2.45, 2.75) is 39.7 Å². The number of rotatable bonds is 3. The van der Waals surface area contributed by atoms with Crippen LogP contribution in [0.2, 0.25) is 0 Å². The van der Waals surface area contributed by atoms with Crippen LogP contribution < -0.4 is 4.67 Å². The van der Waals surface area contributed by atoms with Gasteiger partial charge in [0.2, 0.25) is 0 Å². The molecule has 0 aromatic carbocycles. The highest BCUT2D eigenvalue weighted by Crippen LogP contribution is 2.18. The van der Waals surface area contributed by atoms with E-state index < -0.39 is 6.09 Å². The molecule has 0 spiro atoms. The third-order valence-electron chi connectivity index (χ3n) is 2.80. The first-order valence-corrected chi connectivity index (χ1v) is 7.63. The van der Waals surface area contributed by atoms with Gasteiger partial charge in [-0.25, -0.2) is 4.79 Å². The van der Waals surface area contributed by atoms with Crippen molar-refractivity contribution in [3.05, 3.63) is 40.6 Å². The fourth-order valence-corrected chi connectivity index (χ4v) is 2.76. The molecule has 2 aromatic rings. The Labute approximate surface area is 128 Å². The second-order valence-corrected chi connectivity index (χ2v) is 6.58. The number of amides is 1. The number of nitrogens with zero attached hydrogens (tertiary/aromatic N) is 2. The quantitative estimate of drug-likeness (QED) is 0.871. The lowest BCUT2D eigenvalue weighted by Crippen LogP contribution is -2.18. The lowest BCUT2D eigenvalue weighted by Gasteiger charge is -2.19. The average molecular weight is 308 g/mol. The summed E-state index contributed by atoms with van der Waals surface area (Å²) in [6.07, 6.45) is 3.71. The van der Waals surface area contributed by atoms with Crippen LogP contribution in [-0.2, 0) is 16.7 Å². The average Bonchev–Trinajstić information content (AvgIpc) is 3.00. The molecule has 21 heavy (non-hydrogen) atoms. The fraction of sp³-hybridized carbons (Fsp3) is 0.467. The molecule has 5 nitrogen and oxygen atoms in total. The Kier molecular flexibility index (Phi) is 4.67. The minimum atomic E-state index is -0.555. The van der Waals surface area contributed by atoms with E-state index in [2.05, 4.69) is 29.7 Å². The lowest BCUT2D eigenvalue weighted by molar-refractivity contribution is 0.162. The molecule has 0 radical (unpaired) electrons. The van der Waals surface area contributed by atoms with Crippen molar-refractivity contribution in [2.75, 3.05) is 6.61 Å². The molecule has 0 bridgehead atoms. The van der Waals surface area contributed by atoms with Crippen molar-refractivity contribution in [3.8, 4) is 0 Å². The Morgan fingerprint density at radius 1 is 1.48 bits per heavy atom. The van der Waals surface area contributed by atoms with Gasteiger partial charge in [-0.15, -0.1) is 0 Å². The first kappa shape index (κ1) is 15.6. The predicted octanol–water partition coefficient (Wildman–Crippen LogP) is 3.55. The summed E-state index contributed by atoms with van der Waals surface area (Å²) in [5.74, 6) is 0.842. The van der Waals surface area contributed by atoms with Crippen LogP contribution in [0.1, 0.15) is 39.0 Å². The van der Waals surface area contributed by atoms with Crippen LogP contribution in [0.25, 0.3) is 0 Å². The summed E-state index contributed by atoms with van der Waals surface area (Å²) in [6, 6.07) is 3.76.